The lowest BCUT2D eigenvalue weighted by atomic mass is 9.93. The Balaban J connectivity index is 1.80. The number of rotatable bonds is 4. The Hall–Kier alpha value is -1.10. The number of hydrogen-bond acceptors (Lipinski definition) is 3. The molecule has 2 aliphatic rings. The first-order chi connectivity index (χ1) is 9.58. The number of carboxylic acid groups (broad SMARTS) is 1. The van der Waals surface area contributed by atoms with Crippen molar-refractivity contribution in [3.63, 3.8) is 0 Å². The number of ether oxygens (including phenoxy) is 1. The van der Waals surface area contributed by atoms with Crippen LogP contribution in [-0.2, 0) is 14.3 Å². The maximum atomic E-state index is 12.1. The number of carbonyl (C=O) groups is 2. The van der Waals surface area contributed by atoms with E-state index in [1.807, 2.05) is 0 Å². The molecular formula is C15H25NO4. The maximum Gasteiger partial charge on any atom is 0.332 e. The molecule has 20 heavy (non-hydrogen) atoms. The minimum absolute atomic E-state index is 0.146. The molecular weight excluding hydrogens is 258 g/mol. The zero-order valence-electron chi connectivity index (χ0n) is 12.1. The number of aliphatic carboxylic acids is 1. The van der Waals surface area contributed by atoms with Crippen LogP contribution in [0.5, 0.6) is 0 Å². The molecule has 0 radical (unpaired) electrons. The van der Waals surface area contributed by atoms with E-state index in [4.69, 9.17) is 9.84 Å². The molecule has 1 aliphatic carbocycles. The highest BCUT2D eigenvalue weighted by atomic mass is 16.5. The van der Waals surface area contributed by atoms with Crippen molar-refractivity contribution in [1.82, 2.24) is 5.32 Å². The van der Waals surface area contributed by atoms with E-state index in [-0.39, 0.29) is 11.9 Å². The average molecular weight is 283 g/mol. The summed E-state index contributed by atoms with van der Waals surface area (Å²) in [5.41, 5.74) is 0. The third kappa shape index (κ3) is 3.95. The van der Waals surface area contributed by atoms with Crippen LogP contribution in [0, 0.1) is 5.92 Å². The molecule has 1 saturated heterocycles. The molecule has 0 aromatic heterocycles. The van der Waals surface area contributed by atoms with E-state index in [0.29, 0.717) is 18.8 Å². The lowest BCUT2D eigenvalue weighted by Gasteiger charge is -2.25. The number of carbonyl (C=O) groups excluding carboxylic acids is 1. The molecule has 2 rings (SSSR count). The maximum absolute atomic E-state index is 12.1. The largest absolute Gasteiger partial charge is 0.479 e. The van der Waals surface area contributed by atoms with Crippen LogP contribution in [-0.4, -0.2) is 35.2 Å². The smallest absolute Gasteiger partial charge is 0.332 e. The molecule has 0 bridgehead atoms. The SMILES string of the molecule is C[C@H](NC(=O)[C@@H]1CC[C@H](C(=O)O)O1)C1CCCCCC1. The van der Waals surface area contributed by atoms with Crippen LogP contribution in [0.15, 0.2) is 0 Å². The van der Waals surface area contributed by atoms with Crippen molar-refractivity contribution in [2.75, 3.05) is 0 Å². The standard InChI is InChI=1S/C15H25NO4/c1-10(11-6-4-2-3-5-7-11)16-14(17)12-8-9-13(20-12)15(18)19/h10-13H,2-9H2,1H3,(H,16,17)(H,18,19)/t10-,12-,13+/m0/s1. The summed E-state index contributed by atoms with van der Waals surface area (Å²) < 4.78 is 5.29. The van der Waals surface area contributed by atoms with E-state index in [1.165, 1.54) is 38.5 Å². The second-order valence-electron chi connectivity index (χ2n) is 6.08. The second-order valence-corrected chi connectivity index (χ2v) is 6.08. The summed E-state index contributed by atoms with van der Waals surface area (Å²) in [6.07, 6.45) is 6.92. The summed E-state index contributed by atoms with van der Waals surface area (Å²) in [4.78, 5) is 22.9. The van der Waals surface area contributed by atoms with Crippen LogP contribution in [0.1, 0.15) is 58.3 Å². The van der Waals surface area contributed by atoms with Crippen LogP contribution in [0.4, 0.5) is 0 Å². The van der Waals surface area contributed by atoms with E-state index >= 15 is 0 Å². The van der Waals surface area contributed by atoms with Gasteiger partial charge in [0.05, 0.1) is 0 Å². The van der Waals surface area contributed by atoms with Gasteiger partial charge in [-0.2, -0.15) is 0 Å². The normalized spacial score (nSPS) is 29.6. The Morgan fingerprint density at radius 3 is 2.20 bits per heavy atom. The predicted molar refractivity (Wildman–Crippen MR) is 74.3 cm³/mol. The van der Waals surface area contributed by atoms with E-state index in [0.717, 1.165) is 0 Å². The van der Waals surface area contributed by atoms with Crippen molar-refractivity contribution >= 4 is 11.9 Å². The van der Waals surface area contributed by atoms with Crippen LogP contribution in [0.25, 0.3) is 0 Å². The molecule has 114 valence electrons. The highest BCUT2D eigenvalue weighted by molar-refractivity contribution is 5.82. The van der Waals surface area contributed by atoms with Crippen molar-refractivity contribution in [2.45, 2.75) is 76.5 Å². The summed E-state index contributed by atoms with van der Waals surface area (Å²) >= 11 is 0. The Bertz CT molecular complexity index is 350. The van der Waals surface area contributed by atoms with Crippen LogP contribution < -0.4 is 5.32 Å². The fraction of sp³-hybridized carbons (Fsp3) is 0.867. The summed E-state index contributed by atoms with van der Waals surface area (Å²) in [6, 6.07) is 0.146. The van der Waals surface area contributed by atoms with Gasteiger partial charge in [0.25, 0.3) is 0 Å². The molecule has 1 heterocycles. The first kappa shape index (κ1) is 15.3. The molecule has 0 unspecified atom stereocenters. The predicted octanol–water partition coefficient (Wildman–Crippen LogP) is 2.09. The number of amides is 1. The minimum Gasteiger partial charge on any atom is -0.479 e. The van der Waals surface area contributed by atoms with Crippen LogP contribution in [0.3, 0.4) is 0 Å². The summed E-state index contributed by atoms with van der Waals surface area (Å²) in [7, 11) is 0. The molecule has 5 heteroatoms. The lowest BCUT2D eigenvalue weighted by molar-refractivity contribution is -0.152. The number of nitrogens with one attached hydrogen (secondary N) is 1. The number of carboxylic acids is 1. The van der Waals surface area contributed by atoms with Gasteiger partial charge in [0.15, 0.2) is 6.10 Å². The average Bonchev–Trinajstić information content (AvgIpc) is 2.75. The van der Waals surface area contributed by atoms with Crippen molar-refractivity contribution in [1.29, 1.82) is 0 Å². The molecule has 1 amide bonds. The first-order valence-electron chi connectivity index (χ1n) is 7.76. The lowest BCUT2D eigenvalue weighted by Crippen LogP contribution is -2.43. The third-order valence-electron chi connectivity index (χ3n) is 4.56. The van der Waals surface area contributed by atoms with Gasteiger partial charge in [-0.1, -0.05) is 25.7 Å². The molecule has 1 saturated carbocycles. The van der Waals surface area contributed by atoms with Crippen molar-refractivity contribution in [3.05, 3.63) is 0 Å². The quantitative estimate of drug-likeness (QED) is 0.775. The Labute approximate surface area is 120 Å². The van der Waals surface area contributed by atoms with Gasteiger partial charge >= 0.3 is 5.97 Å². The summed E-state index contributed by atoms with van der Waals surface area (Å²) in [5, 5.41) is 11.9. The van der Waals surface area contributed by atoms with Crippen LogP contribution in [0.2, 0.25) is 0 Å². The fourth-order valence-corrected chi connectivity index (χ4v) is 3.26. The number of hydrogen-bond donors (Lipinski definition) is 2. The Morgan fingerprint density at radius 1 is 1.05 bits per heavy atom. The molecule has 0 spiro atoms. The van der Waals surface area contributed by atoms with Gasteiger partial charge in [-0.3, -0.25) is 4.79 Å². The topological polar surface area (TPSA) is 75.6 Å². The minimum atomic E-state index is -0.975. The molecule has 2 N–H and O–H groups in total. The summed E-state index contributed by atoms with van der Waals surface area (Å²) in [6.45, 7) is 2.05. The molecule has 2 fully saturated rings. The molecule has 0 aromatic carbocycles. The van der Waals surface area contributed by atoms with Gasteiger partial charge in [-0.15, -0.1) is 0 Å². The van der Waals surface area contributed by atoms with Gasteiger partial charge in [-0.05, 0) is 38.5 Å². The Morgan fingerprint density at radius 2 is 1.65 bits per heavy atom. The molecule has 0 aromatic rings. The van der Waals surface area contributed by atoms with E-state index in [9.17, 15) is 9.59 Å². The van der Waals surface area contributed by atoms with Crippen molar-refractivity contribution < 1.29 is 19.4 Å². The van der Waals surface area contributed by atoms with E-state index in [2.05, 4.69) is 12.2 Å². The van der Waals surface area contributed by atoms with Gasteiger partial charge < -0.3 is 15.2 Å². The van der Waals surface area contributed by atoms with Crippen LogP contribution >= 0.6 is 0 Å². The van der Waals surface area contributed by atoms with Gasteiger partial charge in [-0.25, -0.2) is 4.79 Å². The zero-order chi connectivity index (χ0) is 14.5. The molecule has 3 atom stereocenters. The zero-order valence-corrected chi connectivity index (χ0v) is 12.1. The Kier molecular flexibility index (Phi) is 5.40. The van der Waals surface area contributed by atoms with Crippen molar-refractivity contribution in [2.24, 2.45) is 5.92 Å². The molecule has 1 aliphatic heterocycles. The van der Waals surface area contributed by atoms with Crippen molar-refractivity contribution in [3.8, 4) is 0 Å². The van der Waals surface area contributed by atoms with Gasteiger partial charge in [0.1, 0.15) is 6.10 Å². The summed E-state index contributed by atoms with van der Waals surface area (Å²) in [5.74, 6) is -0.583. The third-order valence-corrected chi connectivity index (χ3v) is 4.56. The highest BCUT2D eigenvalue weighted by Gasteiger charge is 2.35. The monoisotopic (exact) mass is 283 g/mol. The highest BCUT2D eigenvalue weighted by Crippen LogP contribution is 2.26. The fourth-order valence-electron chi connectivity index (χ4n) is 3.26. The second kappa shape index (κ2) is 7.07. The molecule has 5 nitrogen and oxygen atoms in total. The van der Waals surface area contributed by atoms with E-state index < -0.39 is 18.2 Å². The van der Waals surface area contributed by atoms with E-state index in [1.54, 1.807) is 0 Å². The van der Waals surface area contributed by atoms with Gasteiger partial charge in [0, 0.05) is 6.04 Å². The first-order valence-corrected chi connectivity index (χ1v) is 7.76. The van der Waals surface area contributed by atoms with Gasteiger partial charge in [0.2, 0.25) is 5.91 Å².